The van der Waals surface area contributed by atoms with Crippen molar-refractivity contribution < 1.29 is 14.3 Å². The summed E-state index contributed by atoms with van der Waals surface area (Å²) in [5.41, 5.74) is 1.54. The summed E-state index contributed by atoms with van der Waals surface area (Å²) in [6.45, 7) is 13.0. The van der Waals surface area contributed by atoms with Crippen LogP contribution >= 0.6 is 0 Å². The van der Waals surface area contributed by atoms with E-state index in [4.69, 9.17) is 9.15 Å². The smallest absolute Gasteiger partial charge is 0.335 e. The van der Waals surface area contributed by atoms with Crippen LogP contribution in [0.3, 0.4) is 0 Å². The van der Waals surface area contributed by atoms with Gasteiger partial charge in [0.05, 0.1) is 11.9 Å². The lowest BCUT2D eigenvalue weighted by atomic mass is 9.45. The average molecular weight is 468 g/mol. The normalized spacial score (nSPS) is 41.2. The van der Waals surface area contributed by atoms with Crippen molar-refractivity contribution in [2.45, 2.75) is 103 Å². The van der Waals surface area contributed by atoms with Gasteiger partial charge in [-0.3, -0.25) is 0 Å². The molecule has 7 atom stereocenters. The maximum absolute atomic E-state index is 12.4. The summed E-state index contributed by atoms with van der Waals surface area (Å²) in [6.07, 6.45) is 12.2. The van der Waals surface area contributed by atoms with Crippen LogP contribution in [0.15, 0.2) is 51.7 Å². The highest BCUT2D eigenvalue weighted by Crippen LogP contribution is 2.70. The number of hydrogen-bond donors (Lipinski definition) is 2. The number of aliphatic hydroxyl groups is 1. The van der Waals surface area contributed by atoms with Crippen molar-refractivity contribution >= 4 is 0 Å². The second-order valence-corrected chi connectivity index (χ2v) is 12.1. The Morgan fingerprint density at radius 1 is 1.15 bits per heavy atom. The Bertz CT molecular complexity index is 1020. The molecule has 1 aromatic rings. The molecule has 3 saturated carbocycles. The van der Waals surface area contributed by atoms with E-state index < -0.39 is 5.60 Å². The number of allylic oxidation sites excluding steroid dienone is 1. The van der Waals surface area contributed by atoms with Gasteiger partial charge in [-0.1, -0.05) is 19.4 Å². The second-order valence-electron chi connectivity index (χ2n) is 12.1. The first kappa shape index (κ1) is 23.7. The van der Waals surface area contributed by atoms with Gasteiger partial charge in [0.25, 0.3) is 0 Å². The first-order chi connectivity index (χ1) is 16.1. The van der Waals surface area contributed by atoms with Crippen molar-refractivity contribution in [2.24, 2.45) is 22.7 Å². The van der Waals surface area contributed by atoms with E-state index in [0.717, 1.165) is 56.9 Å². The molecule has 34 heavy (non-hydrogen) atoms. The Balaban J connectivity index is 1.38. The summed E-state index contributed by atoms with van der Waals surface area (Å²) < 4.78 is 11.4. The van der Waals surface area contributed by atoms with Crippen LogP contribution < -0.4 is 10.9 Å². The van der Waals surface area contributed by atoms with Gasteiger partial charge in [-0.15, -0.1) is 0 Å². The fraction of sp³-hybridized carbons (Fsp3) is 0.690. The van der Waals surface area contributed by atoms with Crippen LogP contribution in [0.25, 0.3) is 0 Å². The first-order valence-electron chi connectivity index (χ1n) is 13.2. The lowest BCUT2D eigenvalue weighted by Crippen LogP contribution is -2.60. The van der Waals surface area contributed by atoms with Gasteiger partial charge in [0.2, 0.25) is 0 Å². The van der Waals surface area contributed by atoms with E-state index in [0.29, 0.717) is 23.8 Å². The zero-order valence-electron chi connectivity index (χ0n) is 21.2. The Morgan fingerprint density at radius 2 is 1.94 bits per heavy atom. The van der Waals surface area contributed by atoms with Crippen molar-refractivity contribution in [1.29, 1.82) is 0 Å². The highest BCUT2D eigenvalue weighted by Gasteiger charge is 2.66. The number of fused-ring (bicyclic) bond motifs is 5. The van der Waals surface area contributed by atoms with Crippen molar-refractivity contribution in [2.75, 3.05) is 0 Å². The summed E-state index contributed by atoms with van der Waals surface area (Å²) in [4.78, 5) is 11.5. The number of hydrogen-bond acceptors (Lipinski definition) is 5. The predicted octanol–water partition coefficient (Wildman–Crippen LogP) is 5.66. The molecule has 0 saturated heterocycles. The van der Waals surface area contributed by atoms with Gasteiger partial charge in [0.1, 0.15) is 6.10 Å². The molecule has 0 bridgehead atoms. The van der Waals surface area contributed by atoms with Crippen molar-refractivity contribution in [3.8, 4) is 0 Å². The number of nitrogens with one attached hydrogen (secondary N) is 1. The largest absolute Gasteiger partial charge is 0.472 e. The first-order valence-corrected chi connectivity index (χ1v) is 13.2. The van der Waals surface area contributed by atoms with E-state index >= 15 is 0 Å². The van der Waals surface area contributed by atoms with Gasteiger partial charge < -0.3 is 19.6 Å². The van der Waals surface area contributed by atoms with E-state index in [1.165, 1.54) is 11.6 Å². The van der Waals surface area contributed by atoms with E-state index in [1.807, 2.05) is 6.07 Å². The molecule has 0 amide bonds. The third-order valence-electron chi connectivity index (χ3n) is 10.1. The minimum absolute atomic E-state index is 0.0823. The molecule has 3 fully saturated rings. The Hall–Kier alpha value is -2.01. The molecule has 2 unspecified atom stereocenters. The molecule has 2 N–H and O–H groups in total. The number of ether oxygens (including phenoxy) is 1. The molecule has 5 rings (SSSR count). The summed E-state index contributed by atoms with van der Waals surface area (Å²) >= 11 is 0. The fourth-order valence-corrected chi connectivity index (χ4v) is 8.40. The molecule has 186 valence electrons. The Labute approximate surface area is 203 Å². The molecular formula is C29H41NO4. The molecule has 4 aliphatic carbocycles. The highest BCUT2D eigenvalue weighted by atomic mass is 16.5. The highest BCUT2D eigenvalue weighted by molar-refractivity contribution is 5.31. The van der Waals surface area contributed by atoms with Crippen molar-refractivity contribution in [3.63, 3.8) is 0 Å². The number of rotatable bonds is 5. The molecule has 1 aromatic heterocycles. The van der Waals surface area contributed by atoms with Gasteiger partial charge in [-0.25, -0.2) is 4.79 Å². The summed E-state index contributed by atoms with van der Waals surface area (Å²) in [5, 5.41) is 15.6. The van der Waals surface area contributed by atoms with Crippen LogP contribution in [0.4, 0.5) is 0 Å². The zero-order chi connectivity index (χ0) is 24.3. The van der Waals surface area contributed by atoms with Gasteiger partial charge in [-0.2, -0.15) is 0 Å². The molecular weight excluding hydrogens is 426 g/mol. The van der Waals surface area contributed by atoms with E-state index in [1.54, 1.807) is 6.26 Å². The predicted molar refractivity (Wildman–Crippen MR) is 133 cm³/mol. The van der Waals surface area contributed by atoms with Crippen LogP contribution in [-0.4, -0.2) is 22.9 Å². The summed E-state index contributed by atoms with van der Waals surface area (Å²) in [6, 6.07) is 3.74. The fourth-order valence-electron chi connectivity index (χ4n) is 8.40. The molecule has 4 aliphatic rings. The van der Waals surface area contributed by atoms with Crippen LogP contribution in [0.5, 0.6) is 0 Å². The van der Waals surface area contributed by atoms with Gasteiger partial charge in [-0.05, 0) is 113 Å². The topological polar surface area (TPSA) is 71.7 Å². The lowest BCUT2D eigenvalue weighted by Gasteiger charge is -2.61. The molecule has 0 aromatic carbocycles. The average Bonchev–Trinajstić information content (AvgIpc) is 3.05. The summed E-state index contributed by atoms with van der Waals surface area (Å²) in [5.74, 6) is 1.70. The molecule has 5 nitrogen and oxygen atoms in total. The quantitative estimate of drug-likeness (QED) is 0.432. The molecule has 0 aliphatic heterocycles. The maximum atomic E-state index is 12.4. The van der Waals surface area contributed by atoms with Crippen LogP contribution in [-0.2, 0) is 4.74 Å². The zero-order valence-corrected chi connectivity index (χ0v) is 21.2. The third-order valence-corrected chi connectivity index (χ3v) is 10.1. The monoisotopic (exact) mass is 467 g/mol. The molecule has 0 spiro atoms. The lowest BCUT2D eigenvalue weighted by molar-refractivity contribution is -0.178. The van der Waals surface area contributed by atoms with Gasteiger partial charge >= 0.3 is 5.63 Å². The standard InChI is InChI=1S/C29H41NO4/c1-18(2)30-19(3)34-22-10-13-27(4)21(16-22)7-8-25-24(27)11-14-28(5)23(12-15-29(25,28)32)20-6-9-26(31)33-17-20/h6,9,16-18,22-25,30,32H,3,7-8,10-15H2,1-2,4-5H3/t22-,23+,24?,25?,27-,28+,29-/m0/s1. The van der Waals surface area contributed by atoms with Crippen molar-refractivity contribution in [3.05, 3.63) is 58.5 Å². The SMILES string of the molecule is C=C(NC(C)C)O[C@@H]1C=C2CCC3C(CC[C@]4(C)[C@@H](c5ccc(=O)oc5)CC[C@]34O)[C@@]2(C)CC1. The minimum Gasteiger partial charge on any atom is -0.472 e. The maximum Gasteiger partial charge on any atom is 0.335 e. The van der Waals surface area contributed by atoms with Crippen LogP contribution in [0.2, 0.25) is 0 Å². The second kappa shape index (κ2) is 8.29. The molecule has 0 radical (unpaired) electrons. The van der Waals surface area contributed by atoms with Crippen LogP contribution in [0, 0.1) is 22.7 Å². The van der Waals surface area contributed by atoms with Gasteiger partial charge in [0.15, 0.2) is 5.88 Å². The molecule has 5 heteroatoms. The van der Waals surface area contributed by atoms with Crippen molar-refractivity contribution in [1.82, 2.24) is 5.32 Å². The minimum atomic E-state index is -0.673. The summed E-state index contributed by atoms with van der Waals surface area (Å²) in [7, 11) is 0. The van der Waals surface area contributed by atoms with E-state index in [2.05, 4.69) is 45.7 Å². The van der Waals surface area contributed by atoms with Gasteiger partial charge in [0, 0.05) is 17.5 Å². The van der Waals surface area contributed by atoms with E-state index in [-0.39, 0.29) is 28.5 Å². The third kappa shape index (κ3) is 3.57. The van der Waals surface area contributed by atoms with Crippen LogP contribution in [0.1, 0.15) is 90.5 Å². The van der Waals surface area contributed by atoms with E-state index in [9.17, 15) is 9.90 Å². The Morgan fingerprint density at radius 3 is 2.65 bits per heavy atom. The molecule has 1 heterocycles. The Kier molecular flexibility index (Phi) is 5.78.